The van der Waals surface area contributed by atoms with Crippen LogP contribution in [0.1, 0.15) is 32.3 Å². The minimum atomic E-state index is 0.509. The van der Waals surface area contributed by atoms with E-state index < -0.39 is 0 Å². The highest BCUT2D eigenvalue weighted by Crippen LogP contribution is 2.21. The summed E-state index contributed by atoms with van der Waals surface area (Å²) in [7, 11) is 1.99. The number of benzene rings is 1. The van der Waals surface area contributed by atoms with Crippen LogP contribution in [0, 0.1) is 0 Å². The molecule has 0 heterocycles. The molecule has 0 saturated carbocycles. The smallest absolute Gasteiger partial charge is 0.0395 e. The lowest BCUT2D eigenvalue weighted by molar-refractivity contribution is 0.604. The molecule has 96 valence electrons. The van der Waals surface area contributed by atoms with E-state index in [1.54, 1.807) is 0 Å². The average molecular weight is 235 g/mol. The molecule has 1 aromatic rings. The molecule has 1 rings (SSSR count). The standard InChI is InChI=1S/C14H25N3/c1-4-11-6-7-12(15)10-14(11)17-13(5-2)8-9-16-3/h6-7,10,13,16-17H,4-5,8-9,15H2,1-3H3. The Labute approximate surface area is 105 Å². The van der Waals surface area contributed by atoms with Gasteiger partial charge in [-0.25, -0.2) is 0 Å². The van der Waals surface area contributed by atoms with Crippen LogP contribution in [-0.2, 0) is 6.42 Å². The lowest BCUT2D eigenvalue weighted by Crippen LogP contribution is -2.24. The number of rotatable bonds is 7. The third-order valence-corrected chi connectivity index (χ3v) is 3.11. The average Bonchev–Trinajstić information content (AvgIpc) is 2.34. The first-order valence-corrected chi connectivity index (χ1v) is 6.50. The zero-order valence-corrected chi connectivity index (χ0v) is 11.2. The zero-order chi connectivity index (χ0) is 12.7. The number of aryl methyl sites for hydroxylation is 1. The van der Waals surface area contributed by atoms with E-state index >= 15 is 0 Å². The second-order valence-corrected chi connectivity index (χ2v) is 4.41. The van der Waals surface area contributed by atoms with Crippen molar-refractivity contribution in [2.45, 2.75) is 39.2 Å². The molecular formula is C14H25N3. The molecule has 17 heavy (non-hydrogen) atoms. The van der Waals surface area contributed by atoms with Crippen LogP contribution in [0.15, 0.2) is 18.2 Å². The number of nitrogens with one attached hydrogen (secondary N) is 2. The van der Waals surface area contributed by atoms with Crippen molar-refractivity contribution in [2.24, 2.45) is 0 Å². The van der Waals surface area contributed by atoms with Gasteiger partial charge >= 0.3 is 0 Å². The summed E-state index contributed by atoms with van der Waals surface area (Å²) in [4.78, 5) is 0. The van der Waals surface area contributed by atoms with Gasteiger partial charge in [0.25, 0.3) is 0 Å². The lowest BCUT2D eigenvalue weighted by Gasteiger charge is -2.20. The largest absolute Gasteiger partial charge is 0.399 e. The van der Waals surface area contributed by atoms with Crippen LogP contribution < -0.4 is 16.4 Å². The van der Waals surface area contributed by atoms with E-state index in [2.05, 4.69) is 30.5 Å². The van der Waals surface area contributed by atoms with Crippen LogP contribution in [-0.4, -0.2) is 19.6 Å². The first kappa shape index (κ1) is 13.8. The van der Waals surface area contributed by atoms with Gasteiger partial charge in [0, 0.05) is 17.4 Å². The monoisotopic (exact) mass is 235 g/mol. The molecule has 0 aliphatic rings. The summed E-state index contributed by atoms with van der Waals surface area (Å²) in [5.74, 6) is 0. The quantitative estimate of drug-likeness (QED) is 0.637. The number of anilines is 2. The first-order chi connectivity index (χ1) is 8.21. The molecule has 0 fully saturated rings. The number of hydrogen-bond donors (Lipinski definition) is 3. The normalized spacial score (nSPS) is 12.4. The molecule has 1 aromatic carbocycles. The van der Waals surface area contributed by atoms with Crippen LogP contribution in [0.25, 0.3) is 0 Å². The Balaban J connectivity index is 2.73. The van der Waals surface area contributed by atoms with Crippen molar-refractivity contribution in [1.82, 2.24) is 5.32 Å². The molecule has 0 radical (unpaired) electrons. The summed E-state index contributed by atoms with van der Waals surface area (Å²) >= 11 is 0. The van der Waals surface area contributed by atoms with Gasteiger partial charge in [-0.3, -0.25) is 0 Å². The topological polar surface area (TPSA) is 50.1 Å². The Kier molecular flexibility index (Phi) is 5.84. The highest BCUT2D eigenvalue weighted by atomic mass is 14.9. The van der Waals surface area contributed by atoms with E-state index in [4.69, 9.17) is 5.73 Å². The summed E-state index contributed by atoms with van der Waals surface area (Å²) in [6.45, 7) is 5.42. The van der Waals surface area contributed by atoms with E-state index in [0.717, 1.165) is 31.5 Å². The summed E-state index contributed by atoms with van der Waals surface area (Å²) < 4.78 is 0. The Bertz CT molecular complexity index is 336. The Morgan fingerprint density at radius 1 is 1.29 bits per heavy atom. The van der Waals surface area contributed by atoms with Gasteiger partial charge in [-0.15, -0.1) is 0 Å². The second-order valence-electron chi connectivity index (χ2n) is 4.41. The van der Waals surface area contributed by atoms with Crippen molar-refractivity contribution in [2.75, 3.05) is 24.6 Å². The minimum absolute atomic E-state index is 0.509. The molecule has 3 nitrogen and oxygen atoms in total. The Hall–Kier alpha value is -1.22. The number of nitrogen functional groups attached to an aromatic ring is 1. The Morgan fingerprint density at radius 2 is 2.06 bits per heavy atom. The Morgan fingerprint density at radius 3 is 2.65 bits per heavy atom. The van der Waals surface area contributed by atoms with Crippen LogP contribution in [0.2, 0.25) is 0 Å². The lowest BCUT2D eigenvalue weighted by atomic mass is 10.1. The van der Waals surface area contributed by atoms with E-state index in [-0.39, 0.29) is 0 Å². The van der Waals surface area contributed by atoms with Crippen LogP contribution in [0.3, 0.4) is 0 Å². The van der Waals surface area contributed by atoms with Gasteiger partial charge in [-0.05, 0) is 50.6 Å². The molecular weight excluding hydrogens is 210 g/mol. The third-order valence-electron chi connectivity index (χ3n) is 3.11. The van der Waals surface area contributed by atoms with Gasteiger partial charge in [0.15, 0.2) is 0 Å². The molecule has 0 aliphatic heterocycles. The molecule has 0 aromatic heterocycles. The molecule has 4 N–H and O–H groups in total. The maximum atomic E-state index is 5.85. The summed E-state index contributed by atoms with van der Waals surface area (Å²) in [6, 6.07) is 6.64. The zero-order valence-electron chi connectivity index (χ0n) is 11.2. The third kappa shape index (κ3) is 4.27. The highest BCUT2D eigenvalue weighted by molar-refractivity contribution is 5.60. The fraction of sp³-hybridized carbons (Fsp3) is 0.571. The van der Waals surface area contributed by atoms with E-state index in [0.29, 0.717) is 6.04 Å². The van der Waals surface area contributed by atoms with E-state index in [9.17, 15) is 0 Å². The maximum Gasteiger partial charge on any atom is 0.0395 e. The molecule has 0 saturated heterocycles. The van der Waals surface area contributed by atoms with Crippen molar-refractivity contribution in [1.29, 1.82) is 0 Å². The van der Waals surface area contributed by atoms with Gasteiger partial charge in [-0.2, -0.15) is 0 Å². The fourth-order valence-corrected chi connectivity index (χ4v) is 1.95. The number of nitrogens with two attached hydrogens (primary N) is 1. The summed E-state index contributed by atoms with van der Waals surface area (Å²) in [5.41, 5.74) is 9.20. The highest BCUT2D eigenvalue weighted by Gasteiger charge is 2.08. The molecule has 1 atom stereocenters. The van der Waals surface area contributed by atoms with E-state index in [1.165, 1.54) is 11.3 Å². The first-order valence-electron chi connectivity index (χ1n) is 6.50. The minimum Gasteiger partial charge on any atom is -0.399 e. The molecule has 0 spiro atoms. The molecule has 3 heteroatoms. The predicted octanol–water partition coefficient (Wildman–Crippen LogP) is 2.63. The van der Waals surface area contributed by atoms with Crippen molar-refractivity contribution in [3.63, 3.8) is 0 Å². The molecule has 1 unspecified atom stereocenters. The molecule has 0 amide bonds. The van der Waals surface area contributed by atoms with Crippen molar-refractivity contribution in [3.05, 3.63) is 23.8 Å². The van der Waals surface area contributed by atoms with Crippen molar-refractivity contribution < 1.29 is 0 Å². The van der Waals surface area contributed by atoms with Gasteiger partial charge in [-0.1, -0.05) is 19.9 Å². The predicted molar refractivity (Wildman–Crippen MR) is 76.5 cm³/mol. The van der Waals surface area contributed by atoms with Crippen LogP contribution in [0.5, 0.6) is 0 Å². The summed E-state index contributed by atoms with van der Waals surface area (Å²) in [6.07, 6.45) is 3.29. The number of hydrogen-bond acceptors (Lipinski definition) is 3. The molecule has 0 bridgehead atoms. The van der Waals surface area contributed by atoms with Gasteiger partial charge in [0.2, 0.25) is 0 Å². The van der Waals surface area contributed by atoms with Gasteiger partial charge in [0.05, 0.1) is 0 Å². The second kappa shape index (κ2) is 7.17. The van der Waals surface area contributed by atoms with Crippen molar-refractivity contribution in [3.8, 4) is 0 Å². The fourth-order valence-electron chi connectivity index (χ4n) is 1.95. The maximum absolute atomic E-state index is 5.85. The SMILES string of the molecule is CCc1ccc(N)cc1NC(CC)CCNC. The van der Waals surface area contributed by atoms with Gasteiger partial charge < -0.3 is 16.4 Å². The molecule has 0 aliphatic carbocycles. The van der Waals surface area contributed by atoms with Gasteiger partial charge in [0.1, 0.15) is 0 Å². The van der Waals surface area contributed by atoms with Crippen molar-refractivity contribution >= 4 is 11.4 Å². The van der Waals surface area contributed by atoms with Crippen LogP contribution >= 0.6 is 0 Å². The van der Waals surface area contributed by atoms with Crippen LogP contribution in [0.4, 0.5) is 11.4 Å². The van der Waals surface area contributed by atoms with E-state index in [1.807, 2.05) is 19.2 Å². The summed E-state index contributed by atoms with van der Waals surface area (Å²) in [5, 5.41) is 6.80.